The molecule has 25 heteroatoms. The highest BCUT2D eigenvalue weighted by molar-refractivity contribution is 7.66. The van der Waals surface area contributed by atoms with Crippen molar-refractivity contribution < 1.29 is 71.0 Å². The lowest BCUT2D eigenvalue weighted by Crippen LogP contribution is -2.43. The molecule has 2 heterocycles. The number of phosphoric acid groups is 3. The summed E-state index contributed by atoms with van der Waals surface area (Å²) in [5.41, 5.74) is 3.44. The summed E-state index contributed by atoms with van der Waals surface area (Å²) in [6, 6.07) is -0.976. The number of carbonyl (C=O) groups excluding carboxylic acids is 2. The number of H-pyrrole nitrogens is 1. The van der Waals surface area contributed by atoms with Crippen molar-refractivity contribution in [2.75, 3.05) is 26.3 Å². The lowest BCUT2D eigenvalue weighted by atomic mass is 10.1. The SMILES string of the molecule is N[C@@H](CO)C(=O)NCCCCCCNC(=O)Cc1cn([C@H]2C[C@H](O)[C@@H](COP(=O)(O)OP(=O)(O)OP(=O)(O)O)O2)c(=O)[nH]c1=O. The topological polar surface area (TPSA) is 349 Å². The van der Waals surface area contributed by atoms with Gasteiger partial charge in [-0.2, -0.15) is 8.62 Å². The van der Waals surface area contributed by atoms with Crippen molar-refractivity contribution >= 4 is 35.3 Å². The minimum atomic E-state index is -5.76. The van der Waals surface area contributed by atoms with Crippen LogP contribution < -0.4 is 27.6 Å². The third-order valence-electron chi connectivity index (χ3n) is 5.98. The molecule has 1 saturated heterocycles. The monoisotopic (exact) mass is 711 g/mol. The molecular weight excluding hydrogens is 675 g/mol. The number of nitrogens with zero attached hydrogens (tertiary/aromatic N) is 1. The Balaban J connectivity index is 1.86. The highest BCUT2D eigenvalue weighted by Crippen LogP contribution is 2.66. The summed E-state index contributed by atoms with van der Waals surface area (Å²) in [7, 11) is -16.9. The van der Waals surface area contributed by atoms with Gasteiger partial charge in [-0.1, -0.05) is 12.8 Å². The van der Waals surface area contributed by atoms with E-state index in [1.54, 1.807) is 0 Å². The predicted octanol–water partition coefficient (Wildman–Crippen LogP) is -2.82. The molecule has 258 valence electrons. The number of phosphoric ester groups is 1. The maximum absolute atomic E-state index is 12.4. The van der Waals surface area contributed by atoms with Crippen LogP contribution in [0.15, 0.2) is 15.8 Å². The molecule has 0 bridgehead atoms. The number of carbonyl (C=O) groups is 2. The van der Waals surface area contributed by atoms with E-state index in [1.165, 1.54) is 0 Å². The number of hydrogen-bond donors (Lipinski definition) is 10. The molecule has 45 heavy (non-hydrogen) atoms. The quantitative estimate of drug-likeness (QED) is 0.0511. The van der Waals surface area contributed by atoms with E-state index in [9.17, 15) is 47.8 Å². The lowest BCUT2D eigenvalue weighted by Gasteiger charge is -2.19. The molecule has 11 N–H and O–H groups in total. The highest BCUT2D eigenvalue weighted by Gasteiger charge is 2.43. The van der Waals surface area contributed by atoms with Crippen LogP contribution in [0.1, 0.15) is 43.9 Å². The van der Waals surface area contributed by atoms with Crippen LogP contribution in [-0.4, -0.2) is 95.7 Å². The van der Waals surface area contributed by atoms with Crippen LogP contribution in [-0.2, 0) is 47.6 Å². The third-order valence-corrected chi connectivity index (χ3v) is 9.79. The van der Waals surface area contributed by atoms with E-state index in [-0.39, 0.29) is 18.5 Å². The van der Waals surface area contributed by atoms with Gasteiger partial charge in [0.15, 0.2) is 0 Å². The summed E-state index contributed by atoms with van der Waals surface area (Å²) in [5, 5.41) is 24.3. The first-order chi connectivity index (χ1) is 20.8. The molecule has 22 nitrogen and oxygen atoms in total. The van der Waals surface area contributed by atoms with Crippen LogP contribution in [0, 0.1) is 0 Å². The fourth-order valence-electron chi connectivity index (χ4n) is 3.87. The number of rotatable bonds is 19. The number of aliphatic hydroxyl groups is 2. The smallest absolute Gasteiger partial charge is 0.394 e. The number of aromatic amines is 1. The maximum atomic E-state index is 12.4. The van der Waals surface area contributed by atoms with Crippen LogP contribution >= 0.6 is 23.5 Å². The molecule has 0 radical (unpaired) electrons. The van der Waals surface area contributed by atoms with E-state index >= 15 is 0 Å². The molecule has 1 fully saturated rings. The van der Waals surface area contributed by atoms with Crippen LogP contribution in [0.4, 0.5) is 0 Å². The van der Waals surface area contributed by atoms with E-state index in [4.69, 9.17) is 25.4 Å². The van der Waals surface area contributed by atoms with E-state index in [0.29, 0.717) is 19.4 Å². The lowest BCUT2D eigenvalue weighted by molar-refractivity contribution is -0.123. The van der Waals surface area contributed by atoms with Crippen LogP contribution in [0.25, 0.3) is 0 Å². The molecule has 1 aromatic heterocycles. The second kappa shape index (κ2) is 17.1. The van der Waals surface area contributed by atoms with Crippen molar-refractivity contribution in [1.82, 2.24) is 20.2 Å². The maximum Gasteiger partial charge on any atom is 0.490 e. The molecule has 0 saturated carbocycles. The summed E-state index contributed by atoms with van der Waals surface area (Å²) in [6.07, 6.45) is -1.10. The first-order valence-electron chi connectivity index (χ1n) is 13.2. The minimum Gasteiger partial charge on any atom is -0.394 e. The van der Waals surface area contributed by atoms with Gasteiger partial charge in [-0.15, -0.1) is 0 Å². The number of aromatic nitrogens is 2. The second-order valence-corrected chi connectivity index (χ2v) is 14.1. The Morgan fingerprint density at radius 3 is 2.27 bits per heavy atom. The van der Waals surface area contributed by atoms with Crippen LogP contribution in [0.3, 0.4) is 0 Å². The van der Waals surface area contributed by atoms with Crippen molar-refractivity contribution in [3.8, 4) is 0 Å². The van der Waals surface area contributed by atoms with Crippen molar-refractivity contribution in [1.29, 1.82) is 0 Å². The van der Waals surface area contributed by atoms with Gasteiger partial charge < -0.3 is 50.9 Å². The minimum absolute atomic E-state index is 0.126. The van der Waals surface area contributed by atoms with Gasteiger partial charge in [0.05, 0.1) is 25.7 Å². The van der Waals surface area contributed by atoms with Crippen LogP contribution in [0.2, 0.25) is 0 Å². The summed E-state index contributed by atoms with van der Waals surface area (Å²) in [6.45, 7) is -0.758. The van der Waals surface area contributed by atoms with Crippen molar-refractivity contribution in [3.05, 3.63) is 32.6 Å². The molecule has 1 aliphatic rings. The molecule has 0 spiro atoms. The van der Waals surface area contributed by atoms with E-state index in [0.717, 1.165) is 23.6 Å². The Hall–Kier alpha value is -2.13. The average molecular weight is 711 g/mol. The van der Waals surface area contributed by atoms with Gasteiger partial charge in [0.1, 0.15) is 18.4 Å². The first kappa shape index (κ1) is 39.1. The number of aliphatic hydroxyl groups excluding tert-OH is 2. The zero-order valence-corrected chi connectivity index (χ0v) is 26.2. The van der Waals surface area contributed by atoms with Gasteiger partial charge in [0.25, 0.3) is 5.56 Å². The highest BCUT2D eigenvalue weighted by atomic mass is 31.3. The van der Waals surface area contributed by atoms with E-state index < -0.39 is 90.6 Å². The Morgan fingerprint density at radius 2 is 1.67 bits per heavy atom. The fourth-order valence-corrected chi connectivity index (χ4v) is 6.90. The number of nitrogens with two attached hydrogens (primary N) is 1. The van der Waals surface area contributed by atoms with Gasteiger partial charge in [-0.3, -0.25) is 28.5 Å². The van der Waals surface area contributed by atoms with Gasteiger partial charge in [0, 0.05) is 31.3 Å². The van der Waals surface area contributed by atoms with E-state index in [1.807, 2.05) is 4.98 Å². The number of unbranched alkanes of at least 4 members (excludes halogenated alkanes) is 3. The standard InChI is InChI=1S/C20H36N5O17P3/c21-13(10-26)19(30)23-6-4-2-1-3-5-22-16(28)7-12-9-25(20(31)24-18(12)29)17-8-14(27)15(40-17)11-39-44(35,36)42-45(37,38)41-43(32,33)34/h9,13-15,17,26-27H,1-8,10-11,21H2,(H,22,28)(H,23,30)(H,35,36)(H,37,38)(H,24,29,31)(H2,32,33,34)/t13-,14-,15+,17+/m0/s1. The molecule has 2 rings (SSSR count). The number of hydrogen-bond acceptors (Lipinski definition) is 14. The number of nitrogens with one attached hydrogen (secondary N) is 3. The average Bonchev–Trinajstić information content (AvgIpc) is 3.27. The second-order valence-electron chi connectivity index (χ2n) is 9.66. The normalized spacial score (nSPS) is 21.9. The van der Waals surface area contributed by atoms with E-state index in [2.05, 4.69) is 23.8 Å². The van der Waals surface area contributed by atoms with Gasteiger partial charge in [-0.25, -0.2) is 18.5 Å². The Labute approximate surface area is 254 Å². The van der Waals surface area contributed by atoms with Gasteiger partial charge >= 0.3 is 29.2 Å². The zero-order chi connectivity index (χ0) is 34.0. The van der Waals surface area contributed by atoms with Crippen molar-refractivity contribution in [2.24, 2.45) is 5.73 Å². The molecule has 0 aromatic carbocycles. The summed E-state index contributed by atoms with van der Waals surface area (Å²) in [4.78, 5) is 86.5. The summed E-state index contributed by atoms with van der Waals surface area (Å²) < 4.78 is 52.0. The molecule has 1 aromatic rings. The predicted molar refractivity (Wildman–Crippen MR) is 149 cm³/mol. The van der Waals surface area contributed by atoms with Crippen molar-refractivity contribution in [2.45, 2.75) is 63.0 Å². The molecule has 2 unspecified atom stereocenters. The largest absolute Gasteiger partial charge is 0.490 e. The molecular formula is C20H36N5O17P3. The first-order valence-corrected chi connectivity index (χ1v) is 17.7. The van der Waals surface area contributed by atoms with Crippen molar-refractivity contribution in [3.63, 3.8) is 0 Å². The van der Waals surface area contributed by atoms with Gasteiger partial charge in [-0.05, 0) is 12.8 Å². The third kappa shape index (κ3) is 14.0. The fraction of sp³-hybridized carbons (Fsp3) is 0.700. The molecule has 6 atom stereocenters. The van der Waals surface area contributed by atoms with Crippen LogP contribution in [0.5, 0.6) is 0 Å². The van der Waals surface area contributed by atoms with Gasteiger partial charge in [0.2, 0.25) is 11.8 Å². The summed E-state index contributed by atoms with van der Waals surface area (Å²) >= 11 is 0. The summed E-state index contributed by atoms with van der Waals surface area (Å²) in [5.74, 6) is -0.982. The molecule has 1 aliphatic heterocycles. The zero-order valence-electron chi connectivity index (χ0n) is 23.5. The molecule has 2 amide bonds. The Bertz CT molecular complexity index is 1430. The molecule has 0 aliphatic carbocycles. The number of amides is 2. The number of ether oxygens (including phenoxy) is 1. The Morgan fingerprint density at radius 1 is 1.04 bits per heavy atom. The Kier molecular flexibility index (Phi) is 14.9.